The molecular weight excluding hydrogens is 386 g/mol. The summed E-state index contributed by atoms with van der Waals surface area (Å²) >= 11 is 14.5. The molecule has 0 saturated carbocycles. The standard InChI is InChI=1S/C15H13BrClN3OS/c1-9-12(17)7-4-8-13(9)18-15(22)20-19-14(21)10-5-2-3-6-11(10)16/h2-8H,1H3,(H,19,21)(H2,18,20,22). The summed E-state index contributed by atoms with van der Waals surface area (Å²) in [6.45, 7) is 1.88. The van der Waals surface area contributed by atoms with E-state index < -0.39 is 0 Å². The van der Waals surface area contributed by atoms with Crippen LogP contribution in [0, 0.1) is 6.92 Å². The van der Waals surface area contributed by atoms with Crippen LogP contribution in [0.2, 0.25) is 5.02 Å². The first-order chi connectivity index (χ1) is 10.5. The molecule has 0 radical (unpaired) electrons. The van der Waals surface area contributed by atoms with Gasteiger partial charge in [-0.15, -0.1) is 0 Å². The van der Waals surface area contributed by atoms with Crippen molar-refractivity contribution in [1.29, 1.82) is 0 Å². The summed E-state index contributed by atoms with van der Waals surface area (Å²) in [6.07, 6.45) is 0. The van der Waals surface area contributed by atoms with E-state index in [4.69, 9.17) is 23.8 Å². The molecule has 0 aliphatic carbocycles. The average molecular weight is 399 g/mol. The molecular formula is C15H13BrClN3OS. The maximum absolute atomic E-state index is 12.0. The molecule has 1 amide bonds. The average Bonchev–Trinajstić information content (AvgIpc) is 2.50. The first-order valence-corrected chi connectivity index (χ1v) is 7.94. The van der Waals surface area contributed by atoms with Gasteiger partial charge in [-0.1, -0.05) is 29.8 Å². The molecule has 0 saturated heterocycles. The van der Waals surface area contributed by atoms with Crippen molar-refractivity contribution in [3.63, 3.8) is 0 Å². The Hall–Kier alpha value is -1.63. The van der Waals surface area contributed by atoms with Crippen molar-refractivity contribution in [3.8, 4) is 0 Å². The van der Waals surface area contributed by atoms with Gasteiger partial charge in [0.1, 0.15) is 0 Å². The number of carbonyl (C=O) groups excluding carboxylic acids is 1. The third-order valence-electron chi connectivity index (χ3n) is 2.92. The highest BCUT2D eigenvalue weighted by Crippen LogP contribution is 2.22. The fourth-order valence-electron chi connectivity index (χ4n) is 1.72. The summed E-state index contributed by atoms with van der Waals surface area (Å²) in [5, 5.41) is 3.89. The minimum Gasteiger partial charge on any atom is -0.331 e. The van der Waals surface area contributed by atoms with Gasteiger partial charge in [-0.2, -0.15) is 0 Å². The minimum atomic E-state index is -0.292. The zero-order chi connectivity index (χ0) is 16.1. The van der Waals surface area contributed by atoms with Crippen molar-refractivity contribution in [1.82, 2.24) is 10.9 Å². The van der Waals surface area contributed by atoms with Crippen molar-refractivity contribution in [3.05, 3.63) is 63.1 Å². The molecule has 0 aliphatic rings. The Bertz CT molecular complexity index is 724. The summed E-state index contributed by atoms with van der Waals surface area (Å²) in [5.74, 6) is -0.292. The molecule has 2 aromatic carbocycles. The molecule has 0 unspecified atom stereocenters. The van der Waals surface area contributed by atoms with E-state index in [1.165, 1.54) is 0 Å². The third kappa shape index (κ3) is 4.19. The molecule has 114 valence electrons. The summed E-state index contributed by atoms with van der Waals surface area (Å²) < 4.78 is 0.707. The third-order valence-corrected chi connectivity index (χ3v) is 4.23. The number of hydrazine groups is 1. The van der Waals surface area contributed by atoms with E-state index in [1.54, 1.807) is 24.3 Å². The topological polar surface area (TPSA) is 53.2 Å². The normalized spacial score (nSPS) is 9.95. The van der Waals surface area contributed by atoms with Crippen LogP contribution in [0.25, 0.3) is 0 Å². The Morgan fingerprint density at radius 2 is 1.86 bits per heavy atom. The minimum absolute atomic E-state index is 0.269. The van der Waals surface area contributed by atoms with Crippen molar-refractivity contribution in [2.24, 2.45) is 0 Å². The number of rotatable bonds is 2. The van der Waals surface area contributed by atoms with E-state index in [0.29, 0.717) is 15.1 Å². The SMILES string of the molecule is Cc1c(Cl)cccc1NC(=S)NNC(=O)c1ccccc1Br. The number of thiocarbonyl (C=S) groups is 1. The molecule has 0 atom stereocenters. The van der Waals surface area contributed by atoms with E-state index in [0.717, 1.165) is 11.3 Å². The number of hydrogen-bond donors (Lipinski definition) is 3. The molecule has 0 heterocycles. The lowest BCUT2D eigenvalue weighted by Gasteiger charge is -2.14. The van der Waals surface area contributed by atoms with Crippen molar-refractivity contribution >= 4 is 56.5 Å². The van der Waals surface area contributed by atoms with E-state index in [2.05, 4.69) is 32.1 Å². The smallest absolute Gasteiger partial charge is 0.270 e. The van der Waals surface area contributed by atoms with Gasteiger partial charge in [0.15, 0.2) is 5.11 Å². The fourth-order valence-corrected chi connectivity index (χ4v) is 2.52. The van der Waals surface area contributed by atoms with Gasteiger partial charge in [0.05, 0.1) is 5.56 Å². The lowest BCUT2D eigenvalue weighted by molar-refractivity contribution is 0.0943. The van der Waals surface area contributed by atoms with Crippen LogP contribution in [0.3, 0.4) is 0 Å². The highest BCUT2D eigenvalue weighted by Gasteiger charge is 2.09. The molecule has 2 rings (SSSR count). The second-order valence-corrected chi connectivity index (χ2v) is 6.10. The lowest BCUT2D eigenvalue weighted by Crippen LogP contribution is -2.43. The highest BCUT2D eigenvalue weighted by molar-refractivity contribution is 9.10. The predicted molar refractivity (Wildman–Crippen MR) is 97.2 cm³/mol. The van der Waals surface area contributed by atoms with Crippen LogP contribution in [0.15, 0.2) is 46.9 Å². The van der Waals surface area contributed by atoms with Gasteiger partial charge >= 0.3 is 0 Å². The van der Waals surface area contributed by atoms with Crippen LogP contribution in [0.1, 0.15) is 15.9 Å². The van der Waals surface area contributed by atoms with Gasteiger partial charge in [-0.25, -0.2) is 0 Å². The van der Waals surface area contributed by atoms with Gasteiger partial charge in [-0.3, -0.25) is 15.6 Å². The molecule has 22 heavy (non-hydrogen) atoms. The summed E-state index contributed by atoms with van der Waals surface area (Å²) in [4.78, 5) is 12.0. The number of halogens is 2. The van der Waals surface area contributed by atoms with Crippen LogP contribution in [-0.4, -0.2) is 11.0 Å². The van der Waals surface area contributed by atoms with Crippen LogP contribution in [0.4, 0.5) is 5.69 Å². The van der Waals surface area contributed by atoms with Crippen molar-refractivity contribution < 1.29 is 4.79 Å². The molecule has 4 nitrogen and oxygen atoms in total. The van der Waals surface area contributed by atoms with Crippen LogP contribution in [-0.2, 0) is 0 Å². The number of benzene rings is 2. The number of nitrogens with one attached hydrogen (secondary N) is 3. The second-order valence-electron chi connectivity index (χ2n) is 4.43. The van der Waals surface area contributed by atoms with Gasteiger partial charge in [0.2, 0.25) is 0 Å². The Balaban J connectivity index is 1.95. The summed E-state index contributed by atoms with van der Waals surface area (Å²) in [5.41, 5.74) is 7.37. The molecule has 3 N–H and O–H groups in total. The number of carbonyl (C=O) groups is 1. The zero-order valence-electron chi connectivity index (χ0n) is 11.6. The molecule has 7 heteroatoms. The Morgan fingerprint density at radius 1 is 1.14 bits per heavy atom. The monoisotopic (exact) mass is 397 g/mol. The van der Waals surface area contributed by atoms with Crippen molar-refractivity contribution in [2.75, 3.05) is 5.32 Å². The summed E-state index contributed by atoms with van der Waals surface area (Å²) in [6, 6.07) is 12.6. The quantitative estimate of drug-likeness (QED) is 0.528. The molecule has 0 spiro atoms. The van der Waals surface area contributed by atoms with Crippen LogP contribution >= 0.6 is 39.7 Å². The highest BCUT2D eigenvalue weighted by atomic mass is 79.9. The number of hydrogen-bond acceptors (Lipinski definition) is 2. The first kappa shape index (κ1) is 16.7. The first-order valence-electron chi connectivity index (χ1n) is 6.36. The zero-order valence-corrected chi connectivity index (χ0v) is 14.8. The van der Waals surface area contributed by atoms with E-state index in [9.17, 15) is 4.79 Å². The number of anilines is 1. The lowest BCUT2D eigenvalue weighted by atomic mass is 10.2. The molecule has 0 fully saturated rings. The molecule has 0 bridgehead atoms. The van der Waals surface area contributed by atoms with Crippen molar-refractivity contribution in [2.45, 2.75) is 6.92 Å². The van der Waals surface area contributed by atoms with E-state index in [-0.39, 0.29) is 11.0 Å². The Labute approximate surface area is 147 Å². The molecule has 2 aromatic rings. The largest absolute Gasteiger partial charge is 0.331 e. The predicted octanol–water partition coefficient (Wildman–Crippen LogP) is 4.04. The van der Waals surface area contributed by atoms with Crippen LogP contribution < -0.4 is 16.2 Å². The number of amides is 1. The molecule has 0 aromatic heterocycles. The van der Waals surface area contributed by atoms with Gasteiger partial charge in [0, 0.05) is 15.2 Å². The van der Waals surface area contributed by atoms with Gasteiger partial charge in [-0.05, 0) is 64.9 Å². The maximum Gasteiger partial charge on any atom is 0.270 e. The van der Waals surface area contributed by atoms with E-state index in [1.807, 2.05) is 25.1 Å². The Morgan fingerprint density at radius 3 is 2.59 bits per heavy atom. The molecule has 0 aliphatic heterocycles. The van der Waals surface area contributed by atoms with Crippen LogP contribution in [0.5, 0.6) is 0 Å². The maximum atomic E-state index is 12.0. The summed E-state index contributed by atoms with van der Waals surface area (Å²) in [7, 11) is 0. The Kier molecular flexibility index (Phi) is 5.76. The second kappa shape index (κ2) is 7.58. The van der Waals surface area contributed by atoms with E-state index >= 15 is 0 Å². The van der Waals surface area contributed by atoms with Gasteiger partial charge < -0.3 is 5.32 Å². The fraction of sp³-hybridized carbons (Fsp3) is 0.0667. The van der Waals surface area contributed by atoms with Gasteiger partial charge in [0.25, 0.3) is 5.91 Å².